The summed E-state index contributed by atoms with van der Waals surface area (Å²) < 4.78 is 18.0. The lowest BCUT2D eigenvalue weighted by atomic mass is 9.80. The minimum atomic E-state index is -0.547. The Balaban J connectivity index is 1.70. The molecule has 6 heteroatoms. The van der Waals surface area contributed by atoms with Crippen LogP contribution in [0.15, 0.2) is 46.8 Å². The number of aliphatic hydroxyl groups excluding tert-OH is 1. The minimum Gasteiger partial charge on any atom is -0.464 e. The molecule has 2 aliphatic rings. The van der Waals surface area contributed by atoms with Crippen molar-refractivity contribution in [3.8, 4) is 0 Å². The number of carbonyl (C=O) groups excluding carboxylic acids is 1. The van der Waals surface area contributed by atoms with Gasteiger partial charge in [0.15, 0.2) is 5.76 Å². The van der Waals surface area contributed by atoms with Crippen LogP contribution in [0.2, 0.25) is 0 Å². The second-order valence-corrected chi connectivity index (χ2v) is 8.92. The fourth-order valence-electron chi connectivity index (χ4n) is 5.18. The fourth-order valence-corrected chi connectivity index (χ4v) is 5.18. The Morgan fingerprint density at radius 1 is 1.22 bits per heavy atom. The molecule has 0 radical (unpaired) electrons. The van der Waals surface area contributed by atoms with E-state index < -0.39 is 6.29 Å². The highest BCUT2D eigenvalue weighted by Gasteiger charge is 2.40. The van der Waals surface area contributed by atoms with Gasteiger partial charge < -0.3 is 23.9 Å². The molecule has 1 aromatic heterocycles. The number of para-hydroxylation sites is 1. The number of rotatable bonds is 8. The van der Waals surface area contributed by atoms with Crippen molar-refractivity contribution in [1.82, 2.24) is 4.90 Å². The highest BCUT2D eigenvalue weighted by molar-refractivity contribution is 5.92. The standard InChI is InChI=1S/C26H35NO5/c1-3-30-26-20(13-9-15-28)21(22-17-31-23-14-8-7-12-19(22)23)16-24(32-26)25(29)27(2)18-10-5-4-6-11-18/h7-8,12,14,16-18,20-21,26,28H,3-6,9-11,13,15H2,1-2H3/t20-,21-,26+/m1/s1. The number of hydrogen-bond donors (Lipinski definition) is 1. The van der Waals surface area contributed by atoms with Crippen molar-refractivity contribution in [3.05, 3.63) is 47.9 Å². The maximum absolute atomic E-state index is 13.5. The van der Waals surface area contributed by atoms with Crippen LogP contribution in [0.1, 0.15) is 63.4 Å². The average molecular weight is 442 g/mol. The van der Waals surface area contributed by atoms with Gasteiger partial charge in [0.25, 0.3) is 5.91 Å². The molecule has 2 aromatic rings. The van der Waals surface area contributed by atoms with E-state index in [0.29, 0.717) is 18.8 Å². The van der Waals surface area contributed by atoms with E-state index in [4.69, 9.17) is 13.9 Å². The van der Waals surface area contributed by atoms with Gasteiger partial charge in [-0.15, -0.1) is 0 Å². The third kappa shape index (κ3) is 4.71. The zero-order valence-electron chi connectivity index (χ0n) is 19.2. The third-order valence-electron chi connectivity index (χ3n) is 6.94. The van der Waals surface area contributed by atoms with Crippen molar-refractivity contribution in [3.63, 3.8) is 0 Å². The molecule has 0 bridgehead atoms. The summed E-state index contributed by atoms with van der Waals surface area (Å²) in [5.74, 6) is 0.140. The lowest BCUT2D eigenvalue weighted by Gasteiger charge is -2.38. The van der Waals surface area contributed by atoms with Gasteiger partial charge in [-0.25, -0.2) is 0 Å². The van der Waals surface area contributed by atoms with Crippen molar-refractivity contribution in [2.24, 2.45) is 5.92 Å². The molecule has 1 aliphatic heterocycles. The second-order valence-electron chi connectivity index (χ2n) is 8.92. The van der Waals surface area contributed by atoms with Gasteiger partial charge in [-0.3, -0.25) is 4.79 Å². The van der Waals surface area contributed by atoms with Crippen LogP contribution in [-0.2, 0) is 14.3 Å². The summed E-state index contributed by atoms with van der Waals surface area (Å²) in [6, 6.07) is 8.21. The number of benzene rings is 1. The Hall–Kier alpha value is -2.31. The zero-order valence-corrected chi connectivity index (χ0v) is 19.2. The van der Waals surface area contributed by atoms with E-state index in [1.165, 1.54) is 6.42 Å². The van der Waals surface area contributed by atoms with Crippen LogP contribution >= 0.6 is 0 Å². The summed E-state index contributed by atoms with van der Waals surface area (Å²) in [4.78, 5) is 15.3. The van der Waals surface area contributed by atoms with Gasteiger partial charge in [-0.2, -0.15) is 0 Å². The van der Waals surface area contributed by atoms with Gasteiger partial charge in [0, 0.05) is 49.1 Å². The number of nitrogens with zero attached hydrogens (tertiary/aromatic N) is 1. The van der Waals surface area contributed by atoms with Crippen molar-refractivity contribution in [2.45, 2.75) is 70.1 Å². The summed E-state index contributed by atoms with van der Waals surface area (Å²) in [7, 11) is 1.89. The van der Waals surface area contributed by atoms with E-state index in [2.05, 4.69) is 0 Å². The summed E-state index contributed by atoms with van der Waals surface area (Å²) in [6.45, 7) is 2.52. The van der Waals surface area contributed by atoms with E-state index in [9.17, 15) is 9.90 Å². The van der Waals surface area contributed by atoms with E-state index in [1.54, 1.807) is 6.26 Å². The molecule has 0 unspecified atom stereocenters. The molecule has 6 nitrogen and oxygen atoms in total. The molecule has 174 valence electrons. The van der Waals surface area contributed by atoms with Gasteiger partial charge in [-0.05, 0) is 44.7 Å². The van der Waals surface area contributed by atoms with Crippen LogP contribution in [0.3, 0.4) is 0 Å². The molecule has 0 saturated heterocycles. The Morgan fingerprint density at radius 3 is 2.75 bits per heavy atom. The maximum Gasteiger partial charge on any atom is 0.288 e. The quantitative estimate of drug-likeness (QED) is 0.626. The Morgan fingerprint density at radius 2 is 2.00 bits per heavy atom. The van der Waals surface area contributed by atoms with Crippen LogP contribution < -0.4 is 0 Å². The molecule has 3 atom stereocenters. The number of furan rings is 1. The highest BCUT2D eigenvalue weighted by Crippen LogP contribution is 2.42. The van der Waals surface area contributed by atoms with Crippen LogP contribution in [0.5, 0.6) is 0 Å². The molecule has 0 spiro atoms. The summed E-state index contributed by atoms with van der Waals surface area (Å²) in [6.07, 6.45) is 10.2. The molecular weight excluding hydrogens is 406 g/mol. The number of likely N-dealkylation sites (N-methyl/N-ethyl adjacent to an activating group) is 1. The van der Waals surface area contributed by atoms with Crippen LogP contribution in [0.25, 0.3) is 11.0 Å². The zero-order chi connectivity index (χ0) is 22.5. The van der Waals surface area contributed by atoms with Gasteiger partial charge in [-0.1, -0.05) is 37.5 Å². The minimum absolute atomic E-state index is 0.0281. The summed E-state index contributed by atoms with van der Waals surface area (Å²) in [5.41, 5.74) is 1.85. The normalized spacial score (nSPS) is 24.2. The molecule has 1 amide bonds. The largest absolute Gasteiger partial charge is 0.464 e. The van der Waals surface area contributed by atoms with Crippen LogP contribution in [0.4, 0.5) is 0 Å². The molecular formula is C26H35NO5. The van der Waals surface area contributed by atoms with Gasteiger partial charge in [0.2, 0.25) is 6.29 Å². The Kier molecular flexibility index (Phi) is 7.53. The predicted molar refractivity (Wildman–Crippen MR) is 123 cm³/mol. The maximum atomic E-state index is 13.5. The first-order valence-corrected chi connectivity index (χ1v) is 12.0. The first kappa shape index (κ1) is 22.9. The monoisotopic (exact) mass is 441 g/mol. The molecule has 1 saturated carbocycles. The number of allylic oxidation sites excluding steroid dienone is 1. The molecule has 1 aliphatic carbocycles. The highest BCUT2D eigenvalue weighted by atomic mass is 16.7. The molecule has 1 N–H and O–H groups in total. The predicted octanol–water partition coefficient (Wildman–Crippen LogP) is 4.97. The van der Waals surface area contributed by atoms with Crippen molar-refractivity contribution in [2.75, 3.05) is 20.3 Å². The number of ether oxygens (including phenoxy) is 2. The third-order valence-corrected chi connectivity index (χ3v) is 6.94. The number of hydrogen-bond acceptors (Lipinski definition) is 5. The lowest BCUT2D eigenvalue weighted by Crippen LogP contribution is -2.43. The lowest BCUT2D eigenvalue weighted by molar-refractivity contribution is -0.170. The van der Waals surface area contributed by atoms with E-state index in [1.807, 2.05) is 49.2 Å². The Labute approximate surface area is 190 Å². The van der Waals surface area contributed by atoms with Crippen molar-refractivity contribution >= 4 is 16.9 Å². The first-order chi connectivity index (χ1) is 15.6. The molecule has 1 fully saturated rings. The number of aliphatic hydroxyl groups is 1. The topological polar surface area (TPSA) is 72.1 Å². The summed E-state index contributed by atoms with van der Waals surface area (Å²) in [5, 5.41) is 10.5. The molecule has 1 aromatic carbocycles. The van der Waals surface area contributed by atoms with Crippen molar-refractivity contribution < 1.29 is 23.8 Å². The first-order valence-electron chi connectivity index (χ1n) is 12.0. The molecule has 32 heavy (non-hydrogen) atoms. The van der Waals surface area contributed by atoms with Crippen molar-refractivity contribution in [1.29, 1.82) is 0 Å². The van der Waals surface area contributed by atoms with Crippen LogP contribution in [-0.4, -0.2) is 48.5 Å². The van der Waals surface area contributed by atoms with Gasteiger partial charge in [0.1, 0.15) is 5.58 Å². The van der Waals surface area contributed by atoms with E-state index >= 15 is 0 Å². The molecule has 4 rings (SSSR count). The summed E-state index contributed by atoms with van der Waals surface area (Å²) >= 11 is 0. The van der Waals surface area contributed by atoms with Gasteiger partial charge in [0.05, 0.1) is 6.26 Å². The molecule has 2 heterocycles. The van der Waals surface area contributed by atoms with E-state index in [0.717, 1.165) is 48.6 Å². The average Bonchev–Trinajstić information content (AvgIpc) is 3.26. The fraction of sp³-hybridized carbons (Fsp3) is 0.577. The smallest absolute Gasteiger partial charge is 0.288 e. The Bertz CT molecular complexity index is 929. The second kappa shape index (κ2) is 10.5. The van der Waals surface area contributed by atoms with Crippen LogP contribution in [0, 0.1) is 5.92 Å². The number of amides is 1. The number of carbonyl (C=O) groups is 1. The SMILES string of the molecule is CCO[C@H]1OC(C(=O)N(C)C2CCCCC2)=C[C@@H](c2coc3ccccc23)[C@H]1CCCO. The van der Waals surface area contributed by atoms with Gasteiger partial charge >= 0.3 is 0 Å². The number of fused-ring (bicyclic) bond motifs is 1. The van der Waals surface area contributed by atoms with E-state index in [-0.39, 0.29) is 30.4 Å².